The molecule has 7 heteroatoms. The van der Waals surface area contributed by atoms with Gasteiger partial charge in [0.25, 0.3) is 0 Å². The van der Waals surface area contributed by atoms with E-state index in [1.165, 1.54) is 0 Å². The molecule has 0 aromatic heterocycles. The minimum Gasteiger partial charge on any atom is -0.372 e. The predicted octanol–water partition coefficient (Wildman–Crippen LogP) is -0.977. The monoisotopic (exact) mass is 299 g/mol. The molecule has 2 rings (SSSR count). The minimum atomic E-state index is -0.320. The third-order valence-corrected chi connectivity index (χ3v) is 4.08. The smallest absolute Gasteiger partial charge is 0.248 e. The number of carbonyl (C=O) groups is 2. The van der Waals surface area contributed by atoms with Crippen LogP contribution in [0, 0.1) is 0 Å². The molecular formula is C14H25N3O4. The fraction of sp³-hybridized carbons (Fsp3) is 0.857. The van der Waals surface area contributed by atoms with E-state index in [-0.39, 0.29) is 30.1 Å². The van der Waals surface area contributed by atoms with E-state index in [4.69, 9.17) is 9.47 Å². The van der Waals surface area contributed by atoms with Crippen LogP contribution in [-0.4, -0.2) is 98.8 Å². The lowest BCUT2D eigenvalue weighted by atomic mass is 9.90. The van der Waals surface area contributed by atoms with Crippen LogP contribution in [0.2, 0.25) is 0 Å². The molecule has 2 aliphatic heterocycles. The fourth-order valence-corrected chi connectivity index (χ4v) is 2.85. The number of rotatable bonds is 4. The van der Waals surface area contributed by atoms with Crippen molar-refractivity contribution in [2.75, 3.05) is 60.6 Å². The van der Waals surface area contributed by atoms with E-state index in [1.54, 1.807) is 23.9 Å². The van der Waals surface area contributed by atoms with Crippen LogP contribution in [0.3, 0.4) is 0 Å². The topological polar surface area (TPSA) is 62.3 Å². The lowest BCUT2D eigenvalue weighted by Crippen LogP contribution is -2.73. The molecule has 0 unspecified atom stereocenters. The highest BCUT2D eigenvalue weighted by molar-refractivity contribution is 5.82. The van der Waals surface area contributed by atoms with Crippen molar-refractivity contribution in [2.24, 2.45) is 0 Å². The summed E-state index contributed by atoms with van der Waals surface area (Å²) in [5, 5.41) is 0. The summed E-state index contributed by atoms with van der Waals surface area (Å²) in [4.78, 5) is 29.2. The predicted molar refractivity (Wildman–Crippen MR) is 76.9 cm³/mol. The molecule has 7 nitrogen and oxygen atoms in total. The maximum atomic E-state index is 12.0. The fourth-order valence-electron chi connectivity index (χ4n) is 2.85. The average Bonchev–Trinajstić information content (AvgIpc) is 2.41. The summed E-state index contributed by atoms with van der Waals surface area (Å²) in [5.74, 6) is 0.0520. The highest BCUT2D eigenvalue weighted by atomic mass is 16.5. The summed E-state index contributed by atoms with van der Waals surface area (Å²) in [6.45, 7) is 4.73. The Labute approximate surface area is 125 Å². The van der Waals surface area contributed by atoms with Gasteiger partial charge in [-0.25, -0.2) is 0 Å². The maximum absolute atomic E-state index is 12.0. The van der Waals surface area contributed by atoms with Crippen LogP contribution in [0.25, 0.3) is 0 Å². The van der Waals surface area contributed by atoms with Crippen molar-refractivity contribution >= 4 is 11.8 Å². The van der Waals surface area contributed by atoms with Gasteiger partial charge in [0.1, 0.15) is 18.2 Å². The number of likely N-dealkylation sites (tertiary alicyclic amines) is 1. The van der Waals surface area contributed by atoms with Crippen LogP contribution in [0.15, 0.2) is 0 Å². The standard InChI is InChI=1S/C14H25N3O4/c1-5-20-7-12(18)17-9-14(10-17)8-16(4)11(6-21-14)13(19)15(2)3/h11H,5-10H2,1-4H3/t11-/m0/s1. The molecule has 2 aliphatic rings. The van der Waals surface area contributed by atoms with Gasteiger partial charge in [-0.3, -0.25) is 14.5 Å². The summed E-state index contributed by atoms with van der Waals surface area (Å²) in [6, 6.07) is -0.237. The number of carbonyl (C=O) groups excluding carboxylic acids is 2. The van der Waals surface area contributed by atoms with Crippen LogP contribution in [0.1, 0.15) is 6.92 Å². The van der Waals surface area contributed by atoms with Gasteiger partial charge in [0, 0.05) is 27.2 Å². The summed E-state index contributed by atoms with van der Waals surface area (Å²) in [7, 11) is 5.43. The van der Waals surface area contributed by atoms with Crippen molar-refractivity contribution in [3.05, 3.63) is 0 Å². The largest absolute Gasteiger partial charge is 0.372 e. The second-order valence-corrected chi connectivity index (χ2v) is 6.04. The maximum Gasteiger partial charge on any atom is 0.248 e. The van der Waals surface area contributed by atoms with E-state index >= 15 is 0 Å². The Balaban J connectivity index is 1.84. The molecule has 2 saturated heterocycles. The zero-order valence-corrected chi connectivity index (χ0v) is 13.3. The summed E-state index contributed by atoms with van der Waals surface area (Å²) in [5.41, 5.74) is -0.320. The van der Waals surface area contributed by atoms with Gasteiger partial charge in [0.05, 0.1) is 19.7 Å². The van der Waals surface area contributed by atoms with Gasteiger partial charge in [-0.15, -0.1) is 0 Å². The molecule has 2 heterocycles. The Hall–Kier alpha value is -1.18. The lowest BCUT2D eigenvalue weighted by molar-refractivity contribution is -0.204. The van der Waals surface area contributed by atoms with Crippen molar-refractivity contribution in [3.8, 4) is 0 Å². The average molecular weight is 299 g/mol. The molecular weight excluding hydrogens is 274 g/mol. The molecule has 2 fully saturated rings. The molecule has 2 amide bonds. The number of likely N-dealkylation sites (N-methyl/N-ethyl adjacent to an activating group) is 2. The Morgan fingerprint density at radius 2 is 2.00 bits per heavy atom. The van der Waals surface area contributed by atoms with E-state index in [2.05, 4.69) is 0 Å². The number of morpholine rings is 1. The van der Waals surface area contributed by atoms with Gasteiger partial charge in [0.2, 0.25) is 11.8 Å². The van der Waals surface area contributed by atoms with E-state index in [0.717, 1.165) is 0 Å². The SMILES string of the molecule is CCOCC(=O)N1CC2(C1)CN(C)[C@H](C(=O)N(C)C)CO2. The zero-order valence-electron chi connectivity index (χ0n) is 13.3. The van der Waals surface area contributed by atoms with Crippen molar-refractivity contribution in [3.63, 3.8) is 0 Å². The number of ether oxygens (including phenoxy) is 2. The molecule has 1 atom stereocenters. The molecule has 0 saturated carbocycles. The quantitative estimate of drug-likeness (QED) is 0.668. The normalized spacial score (nSPS) is 24.8. The molecule has 21 heavy (non-hydrogen) atoms. The highest BCUT2D eigenvalue weighted by Gasteiger charge is 2.51. The summed E-state index contributed by atoms with van der Waals surface area (Å²) in [6.07, 6.45) is 0. The third kappa shape index (κ3) is 3.36. The molecule has 0 aromatic carbocycles. The summed E-state index contributed by atoms with van der Waals surface area (Å²) < 4.78 is 11.0. The van der Waals surface area contributed by atoms with Crippen molar-refractivity contribution in [1.82, 2.24) is 14.7 Å². The first-order valence-corrected chi connectivity index (χ1v) is 7.29. The van der Waals surface area contributed by atoms with E-state index in [1.807, 2.05) is 18.9 Å². The highest BCUT2D eigenvalue weighted by Crippen LogP contribution is 2.30. The van der Waals surface area contributed by atoms with Crippen molar-refractivity contribution in [2.45, 2.75) is 18.6 Å². The second kappa shape index (κ2) is 6.29. The number of nitrogens with zero attached hydrogens (tertiary/aromatic N) is 3. The van der Waals surface area contributed by atoms with Gasteiger partial charge in [0.15, 0.2) is 0 Å². The summed E-state index contributed by atoms with van der Waals surface area (Å²) >= 11 is 0. The van der Waals surface area contributed by atoms with Gasteiger partial charge < -0.3 is 19.3 Å². The van der Waals surface area contributed by atoms with Crippen LogP contribution < -0.4 is 0 Å². The first-order valence-electron chi connectivity index (χ1n) is 7.29. The molecule has 0 radical (unpaired) electrons. The lowest BCUT2D eigenvalue weighted by Gasteiger charge is -2.54. The number of amides is 2. The third-order valence-electron chi connectivity index (χ3n) is 4.08. The zero-order chi connectivity index (χ0) is 15.6. The second-order valence-electron chi connectivity index (χ2n) is 6.04. The molecule has 0 aromatic rings. The first kappa shape index (κ1) is 16.2. The Kier molecular flexibility index (Phi) is 4.85. The molecule has 0 bridgehead atoms. The Morgan fingerprint density at radius 3 is 2.52 bits per heavy atom. The molecule has 0 N–H and O–H groups in total. The number of hydrogen-bond acceptors (Lipinski definition) is 5. The molecule has 120 valence electrons. The van der Waals surface area contributed by atoms with E-state index in [9.17, 15) is 9.59 Å². The molecule has 1 spiro atoms. The minimum absolute atomic E-state index is 0.000203. The van der Waals surface area contributed by atoms with Crippen molar-refractivity contribution < 1.29 is 19.1 Å². The molecule has 0 aliphatic carbocycles. The van der Waals surface area contributed by atoms with Crippen molar-refractivity contribution in [1.29, 1.82) is 0 Å². The Morgan fingerprint density at radius 1 is 1.33 bits per heavy atom. The first-order chi connectivity index (χ1) is 9.88. The van der Waals surface area contributed by atoms with E-state index < -0.39 is 0 Å². The van der Waals surface area contributed by atoms with Crippen LogP contribution in [-0.2, 0) is 19.1 Å². The van der Waals surface area contributed by atoms with E-state index in [0.29, 0.717) is 32.8 Å². The van der Waals surface area contributed by atoms with Crippen LogP contribution in [0.4, 0.5) is 0 Å². The number of hydrogen-bond donors (Lipinski definition) is 0. The van der Waals surface area contributed by atoms with Gasteiger partial charge >= 0.3 is 0 Å². The van der Waals surface area contributed by atoms with Crippen LogP contribution >= 0.6 is 0 Å². The Bertz CT molecular complexity index is 407. The van der Waals surface area contributed by atoms with Crippen LogP contribution in [0.5, 0.6) is 0 Å². The van der Waals surface area contributed by atoms with Gasteiger partial charge in [-0.2, -0.15) is 0 Å². The van der Waals surface area contributed by atoms with Gasteiger partial charge in [-0.1, -0.05) is 0 Å². The van der Waals surface area contributed by atoms with Gasteiger partial charge in [-0.05, 0) is 14.0 Å².